The molecular weight excluding hydrogens is 419 g/mol. The number of benzene rings is 1. The van der Waals surface area contributed by atoms with Crippen LogP contribution in [0.15, 0.2) is 29.2 Å². The number of piperidine rings is 1. The molecule has 11 heteroatoms. The molecule has 3 rings (SSSR count). The van der Waals surface area contributed by atoms with Crippen LogP contribution in [-0.4, -0.2) is 56.1 Å². The summed E-state index contributed by atoms with van der Waals surface area (Å²) in [6.45, 7) is -0.547. The second kappa shape index (κ2) is 7.82. The molecule has 1 heterocycles. The van der Waals surface area contributed by atoms with Gasteiger partial charge in [0.25, 0.3) is 5.92 Å². The fourth-order valence-corrected chi connectivity index (χ4v) is 5.47. The van der Waals surface area contributed by atoms with Crippen LogP contribution < -0.4 is 5.32 Å². The number of rotatable bonds is 5. The molecule has 1 aliphatic heterocycles. The first-order valence-electron chi connectivity index (χ1n) is 9.19. The maximum atomic E-state index is 13.4. The first kappa shape index (κ1) is 21.9. The number of hydrogen-bond donors (Lipinski definition) is 1. The summed E-state index contributed by atoms with van der Waals surface area (Å²) in [5, 5.41) is 2.00. The molecule has 5 nitrogen and oxygen atoms in total. The lowest BCUT2D eigenvalue weighted by molar-refractivity contribution is -0.140. The van der Waals surface area contributed by atoms with Gasteiger partial charge in [-0.1, -0.05) is 6.07 Å². The predicted molar refractivity (Wildman–Crippen MR) is 94.2 cm³/mol. The van der Waals surface area contributed by atoms with Crippen molar-refractivity contribution in [2.75, 3.05) is 19.6 Å². The van der Waals surface area contributed by atoms with E-state index in [-0.39, 0.29) is 49.7 Å². The lowest BCUT2D eigenvalue weighted by atomic mass is 9.92. The Morgan fingerprint density at radius 3 is 2.55 bits per heavy atom. The van der Waals surface area contributed by atoms with E-state index in [1.54, 1.807) is 0 Å². The zero-order chi connectivity index (χ0) is 21.4. The van der Waals surface area contributed by atoms with Crippen molar-refractivity contribution in [3.8, 4) is 0 Å². The maximum Gasteiger partial charge on any atom is 0.416 e. The van der Waals surface area contributed by atoms with Crippen LogP contribution in [0.4, 0.5) is 22.0 Å². The van der Waals surface area contributed by atoms with Crippen molar-refractivity contribution < 1.29 is 35.2 Å². The Balaban J connectivity index is 1.52. The summed E-state index contributed by atoms with van der Waals surface area (Å²) in [5.74, 6) is -3.37. The molecule has 0 bridgehead atoms. The number of amides is 1. The van der Waals surface area contributed by atoms with Crippen LogP contribution in [0.25, 0.3) is 0 Å². The van der Waals surface area contributed by atoms with Gasteiger partial charge in [0.2, 0.25) is 5.91 Å². The average Bonchev–Trinajstić information content (AvgIpc) is 2.58. The largest absolute Gasteiger partial charge is 0.416 e. The summed E-state index contributed by atoms with van der Waals surface area (Å²) < 4.78 is 90.3. The first-order valence-corrected chi connectivity index (χ1v) is 10.7. The molecule has 162 valence electrons. The van der Waals surface area contributed by atoms with E-state index in [0.29, 0.717) is 6.07 Å². The van der Waals surface area contributed by atoms with E-state index < -0.39 is 45.2 Å². The number of nitrogens with one attached hydrogen (secondary N) is 1. The minimum atomic E-state index is -4.64. The highest BCUT2D eigenvalue weighted by molar-refractivity contribution is 7.92. The highest BCUT2D eigenvalue weighted by atomic mass is 32.2. The quantitative estimate of drug-likeness (QED) is 0.716. The van der Waals surface area contributed by atoms with Gasteiger partial charge in [-0.2, -0.15) is 13.2 Å². The zero-order valence-corrected chi connectivity index (χ0v) is 16.2. The maximum absolute atomic E-state index is 13.4. The van der Waals surface area contributed by atoms with Crippen LogP contribution in [0.3, 0.4) is 0 Å². The number of likely N-dealkylation sites (tertiary alicyclic amines) is 1. The highest BCUT2D eigenvalue weighted by Gasteiger charge is 2.41. The van der Waals surface area contributed by atoms with Crippen LogP contribution >= 0.6 is 0 Å². The molecule has 1 saturated heterocycles. The SMILES string of the molecule is O=C(CN[C@H]1C[C@H](S(=O)(=O)c2cccc(C(F)(F)F)c2)C1)N1CCCC(F)(F)C1. The molecule has 2 aliphatic rings. The third kappa shape index (κ3) is 5.06. The van der Waals surface area contributed by atoms with Crippen LogP contribution in [0.5, 0.6) is 0 Å². The van der Waals surface area contributed by atoms with E-state index in [9.17, 15) is 35.2 Å². The summed E-state index contributed by atoms with van der Waals surface area (Å²) in [4.78, 5) is 12.8. The monoisotopic (exact) mass is 440 g/mol. The standard InChI is InChI=1S/C18H21F5N2O3S/c19-17(20)5-2-6-25(11-17)16(26)10-24-13-8-15(9-13)29(27,28)14-4-1-3-12(7-14)18(21,22)23/h1,3-4,7,13,15,24H,2,5-6,8-11H2/t13-,15-. The van der Waals surface area contributed by atoms with E-state index >= 15 is 0 Å². The van der Waals surface area contributed by atoms with Crippen molar-refractivity contribution >= 4 is 15.7 Å². The molecule has 1 N–H and O–H groups in total. The van der Waals surface area contributed by atoms with E-state index in [2.05, 4.69) is 5.32 Å². The lowest BCUT2D eigenvalue weighted by Crippen LogP contribution is -2.53. The van der Waals surface area contributed by atoms with Gasteiger partial charge in [-0.25, -0.2) is 17.2 Å². The van der Waals surface area contributed by atoms with E-state index in [1.807, 2.05) is 0 Å². The fourth-order valence-electron chi connectivity index (χ4n) is 3.55. The molecule has 0 spiro atoms. The molecule has 0 unspecified atom stereocenters. The molecule has 0 atom stereocenters. The van der Waals surface area contributed by atoms with Gasteiger partial charge >= 0.3 is 6.18 Å². The van der Waals surface area contributed by atoms with Gasteiger partial charge in [0.1, 0.15) is 0 Å². The number of halogens is 5. The summed E-state index contributed by atoms with van der Waals surface area (Å²) in [7, 11) is -3.93. The summed E-state index contributed by atoms with van der Waals surface area (Å²) in [6, 6.07) is 3.30. The molecule has 0 radical (unpaired) electrons. The fraction of sp³-hybridized carbons (Fsp3) is 0.611. The minimum Gasteiger partial charge on any atom is -0.336 e. The van der Waals surface area contributed by atoms with E-state index in [4.69, 9.17) is 0 Å². The Hall–Kier alpha value is -1.75. The van der Waals surface area contributed by atoms with Gasteiger partial charge in [-0.3, -0.25) is 4.79 Å². The van der Waals surface area contributed by atoms with Crippen molar-refractivity contribution in [1.29, 1.82) is 0 Å². The Morgan fingerprint density at radius 2 is 1.93 bits per heavy atom. The summed E-state index contributed by atoms with van der Waals surface area (Å²) >= 11 is 0. The van der Waals surface area contributed by atoms with Crippen molar-refractivity contribution in [3.05, 3.63) is 29.8 Å². The smallest absolute Gasteiger partial charge is 0.336 e. The van der Waals surface area contributed by atoms with Crippen LogP contribution in [0.1, 0.15) is 31.2 Å². The van der Waals surface area contributed by atoms with Gasteiger partial charge in [-0.05, 0) is 37.5 Å². The van der Waals surface area contributed by atoms with Crippen LogP contribution in [0.2, 0.25) is 0 Å². The van der Waals surface area contributed by atoms with Crippen molar-refractivity contribution in [2.24, 2.45) is 0 Å². The molecule has 29 heavy (non-hydrogen) atoms. The van der Waals surface area contributed by atoms with Crippen molar-refractivity contribution in [3.63, 3.8) is 0 Å². The van der Waals surface area contributed by atoms with Gasteiger partial charge in [0.05, 0.1) is 28.8 Å². The van der Waals surface area contributed by atoms with Crippen LogP contribution in [0, 0.1) is 0 Å². The Kier molecular flexibility index (Phi) is 5.92. The molecule has 1 aromatic carbocycles. The second-order valence-electron chi connectivity index (χ2n) is 7.52. The minimum absolute atomic E-state index is 0.141. The van der Waals surface area contributed by atoms with Gasteiger partial charge < -0.3 is 10.2 Å². The second-order valence-corrected chi connectivity index (χ2v) is 9.74. The number of carbonyl (C=O) groups excluding carboxylic acids is 1. The highest BCUT2D eigenvalue weighted by Crippen LogP contribution is 2.35. The Labute approximate surface area is 165 Å². The Bertz CT molecular complexity index is 866. The van der Waals surface area contributed by atoms with E-state index in [0.717, 1.165) is 23.1 Å². The lowest BCUT2D eigenvalue weighted by Gasteiger charge is -2.37. The third-order valence-corrected chi connectivity index (χ3v) is 7.48. The van der Waals surface area contributed by atoms with E-state index in [1.165, 1.54) is 0 Å². The summed E-state index contributed by atoms with van der Waals surface area (Å²) in [6.07, 6.45) is -4.38. The van der Waals surface area contributed by atoms with Gasteiger partial charge in [0.15, 0.2) is 9.84 Å². The molecule has 1 saturated carbocycles. The van der Waals surface area contributed by atoms with Crippen molar-refractivity contribution in [1.82, 2.24) is 10.2 Å². The normalized spacial score (nSPS) is 24.8. The topological polar surface area (TPSA) is 66.5 Å². The molecule has 1 aliphatic carbocycles. The predicted octanol–water partition coefficient (Wildman–Crippen LogP) is 2.86. The number of hydrogen-bond acceptors (Lipinski definition) is 4. The first-order chi connectivity index (χ1) is 13.4. The molecular formula is C18H21F5N2O3S. The average molecular weight is 440 g/mol. The van der Waals surface area contributed by atoms with Crippen molar-refractivity contribution in [2.45, 2.75) is 54.0 Å². The van der Waals surface area contributed by atoms with Gasteiger partial charge in [-0.15, -0.1) is 0 Å². The van der Waals surface area contributed by atoms with Gasteiger partial charge in [0, 0.05) is 19.0 Å². The third-order valence-electron chi connectivity index (χ3n) is 5.31. The Morgan fingerprint density at radius 1 is 1.24 bits per heavy atom. The number of sulfone groups is 1. The van der Waals surface area contributed by atoms with Crippen LogP contribution in [-0.2, 0) is 20.8 Å². The number of carbonyl (C=O) groups is 1. The molecule has 2 fully saturated rings. The zero-order valence-electron chi connectivity index (χ0n) is 15.4. The number of alkyl halides is 5. The molecule has 1 aromatic rings. The summed E-state index contributed by atoms with van der Waals surface area (Å²) in [5.41, 5.74) is -1.03. The molecule has 1 amide bonds. The number of nitrogens with zero attached hydrogens (tertiary/aromatic N) is 1. The molecule has 0 aromatic heterocycles.